The SMILES string of the molecule is CC(C)(C)OC(=O)C(N)CSCCc1ccccc1. The van der Waals surface area contributed by atoms with Crippen molar-refractivity contribution in [3.63, 3.8) is 0 Å². The van der Waals surface area contributed by atoms with Gasteiger partial charge in [0.05, 0.1) is 0 Å². The minimum absolute atomic E-state index is 0.320. The molecule has 106 valence electrons. The smallest absolute Gasteiger partial charge is 0.324 e. The summed E-state index contributed by atoms with van der Waals surface area (Å²) in [5.74, 6) is 1.24. The number of thioether (sulfide) groups is 1. The maximum atomic E-state index is 11.7. The normalized spacial score (nSPS) is 13.1. The number of nitrogens with two attached hydrogens (primary N) is 1. The molecule has 0 fully saturated rings. The van der Waals surface area contributed by atoms with Gasteiger partial charge in [-0.05, 0) is 38.5 Å². The van der Waals surface area contributed by atoms with Crippen LogP contribution in [0.2, 0.25) is 0 Å². The second-order valence-electron chi connectivity index (χ2n) is 5.45. The lowest BCUT2D eigenvalue weighted by molar-refractivity contribution is -0.155. The largest absolute Gasteiger partial charge is 0.459 e. The summed E-state index contributed by atoms with van der Waals surface area (Å²) in [6, 6.07) is 9.75. The number of carbonyl (C=O) groups is 1. The van der Waals surface area contributed by atoms with Gasteiger partial charge in [0.2, 0.25) is 0 Å². The van der Waals surface area contributed by atoms with E-state index in [2.05, 4.69) is 12.1 Å². The minimum atomic E-state index is -0.542. The maximum absolute atomic E-state index is 11.7. The van der Waals surface area contributed by atoms with Crippen LogP contribution in [0.5, 0.6) is 0 Å². The van der Waals surface area contributed by atoms with Gasteiger partial charge < -0.3 is 10.5 Å². The summed E-state index contributed by atoms with van der Waals surface area (Å²) in [6.07, 6.45) is 0.993. The molecule has 0 saturated heterocycles. The Balaban J connectivity index is 2.20. The molecule has 0 aliphatic carbocycles. The summed E-state index contributed by atoms with van der Waals surface area (Å²) in [6.45, 7) is 5.54. The second-order valence-corrected chi connectivity index (χ2v) is 6.60. The molecule has 3 nitrogen and oxygen atoms in total. The van der Waals surface area contributed by atoms with Crippen LogP contribution >= 0.6 is 11.8 Å². The van der Waals surface area contributed by atoms with E-state index < -0.39 is 11.6 Å². The van der Waals surface area contributed by atoms with E-state index in [1.807, 2.05) is 39.0 Å². The minimum Gasteiger partial charge on any atom is -0.459 e. The highest BCUT2D eigenvalue weighted by Gasteiger charge is 2.21. The molecule has 0 heterocycles. The molecule has 1 unspecified atom stereocenters. The molecular weight excluding hydrogens is 258 g/mol. The van der Waals surface area contributed by atoms with Gasteiger partial charge in [-0.1, -0.05) is 30.3 Å². The van der Waals surface area contributed by atoms with Crippen LogP contribution in [0, 0.1) is 0 Å². The van der Waals surface area contributed by atoms with Crippen molar-refractivity contribution in [3.8, 4) is 0 Å². The summed E-state index contributed by atoms with van der Waals surface area (Å²) < 4.78 is 5.24. The third kappa shape index (κ3) is 7.23. The first-order valence-electron chi connectivity index (χ1n) is 6.48. The van der Waals surface area contributed by atoms with E-state index in [1.54, 1.807) is 11.8 Å². The van der Waals surface area contributed by atoms with Crippen molar-refractivity contribution in [2.75, 3.05) is 11.5 Å². The highest BCUT2D eigenvalue weighted by molar-refractivity contribution is 7.99. The van der Waals surface area contributed by atoms with E-state index in [4.69, 9.17) is 10.5 Å². The van der Waals surface area contributed by atoms with Gasteiger partial charge in [0.15, 0.2) is 0 Å². The highest BCUT2D eigenvalue weighted by atomic mass is 32.2. The van der Waals surface area contributed by atoms with Crippen LogP contribution in [-0.4, -0.2) is 29.1 Å². The molecule has 1 rings (SSSR count). The van der Waals surface area contributed by atoms with Crippen molar-refractivity contribution in [2.24, 2.45) is 5.73 Å². The fourth-order valence-electron chi connectivity index (χ4n) is 1.49. The molecule has 0 aliphatic heterocycles. The molecule has 0 spiro atoms. The van der Waals surface area contributed by atoms with Gasteiger partial charge >= 0.3 is 5.97 Å². The zero-order valence-corrected chi connectivity index (χ0v) is 12.7. The van der Waals surface area contributed by atoms with Gasteiger partial charge in [0.1, 0.15) is 11.6 Å². The zero-order chi connectivity index (χ0) is 14.3. The lowest BCUT2D eigenvalue weighted by Crippen LogP contribution is -2.39. The number of ether oxygens (including phenoxy) is 1. The van der Waals surface area contributed by atoms with Crippen molar-refractivity contribution in [3.05, 3.63) is 35.9 Å². The van der Waals surface area contributed by atoms with Crippen molar-refractivity contribution < 1.29 is 9.53 Å². The molecule has 19 heavy (non-hydrogen) atoms. The molecule has 0 amide bonds. The molecule has 1 aromatic carbocycles. The molecule has 0 saturated carbocycles. The van der Waals surface area contributed by atoms with E-state index >= 15 is 0 Å². The van der Waals surface area contributed by atoms with Crippen molar-refractivity contribution >= 4 is 17.7 Å². The Labute approximate surface area is 119 Å². The number of rotatable bonds is 6. The van der Waals surface area contributed by atoms with Gasteiger partial charge in [0.25, 0.3) is 0 Å². The molecular formula is C15H23NO2S. The molecule has 2 N–H and O–H groups in total. The zero-order valence-electron chi connectivity index (χ0n) is 11.9. The van der Waals surface area contributed by atoms with Crippen molar-refractivity contribution in [2.45, 2.75) is 38.8 Å². The number of benzene rings is 1. The van der Waals surface area contributed by atoms with Crippen LogP contribution in [0.25, 0.3) is 0 Å². The van der Waals surface area contributed by atoms with Crippen LogP contribution in [-0.2, 0) is 16.0 Å². The van der Waals surface area contributed by atoms with Gasteiger partial charge in [-0.25, -0.2) is 0 Å². The average molecular weight is 281 g/mol. The van der Waals surface area contributed by atoms with Crippen LogP contribution < -0.4 is 5.73 Å². The number of hydrogen-bond donors (Lipinski definition) is 1. The monoisotopic (exact) mass is 281 g/mol. The Morgan fingerprint density at radius 1 is 1.32 bits per heavy atom. The summed E-state index contributed by atoms with van der Waals surface area (Å²) >= 11 is 1.68. The average Bonchev–Trinajstić information content (AvgIpc) is 2.33. The van der Waals surface area contributed by atoms with Crippen LogP contribution in [0.4, 0.5) is 0 Å². The fourth-order valence-corrected chi connectivity index (χ4v) is 2.43. The lowest BCUT2D eigenvalue weighted by atomic mass is 10.2. The third-order valence-electron chi connectivity index (χ3n) is 2.38. The third-order valence-corrected chi connectivity index (χ3v) is 3.47. The summed E-state index contributed by atoms with van der Waals surface area (Å²) in [7, 11) is 0. The first kappa shape index (κ1) is 16.1. The standard InChI is InChI=1S/C15H23NO2S/c1-15(2,3)18-14(17)13(16)11-19-10-9-12-7-5-4-6-8-12/h4-8,13H,9-11,16H2,1-3H3. The number of aryl methyl sites for hydroxylation is 1. The Morgan fingerprint density at radius 3 is 2.53 bits per heavy atom. The molecule has 0 bridgehead atoms. The van der Waals surface area contributed by atoms with Crippen molar-refractivity contribution in [1.29, 1.82) is 0 Å². The summed E-state index contributed by atoms with van der Waals surface area (Å²) in [4.78, 5) is 11.7. The number of carbonyl (C=O) groups excluding carboxylic acids is 1. The van der Waals surface area contributed by atoms with E-state index in [-0.39, 0.29) is 5.97 Å². The van der Waals surface area contributed by atoms with E-state index in [9.17, 15) is 4.79 Å². The molecule has 0 aliphatic rings. The first-order chi connectivity index (χ1) is 8.88. The van der Waals surface area contributed by atoms with Gasteiger partial charge in [-0.3, -0.25) is 4.79 Å². The Morgan fingerprint density at radius 2 is 1.95 bits per heavy atom. The summed E-state index contributed by atoms with van der Waals surface area (Å²) in [5, 5.41) is 0. The molecule has 0 aromatic heterocycles. The highest BCUT2D eigenvalue weighted by Crippen LogP contribution is 2.11. The number of esters is 1. The fraction of sp³-hybridized carbons (Fsp3) is 0.533. The van der Waals surface area contributed by atoms with Crippen LogP contribution in [0.1, 0.15) is 26.3 Å². The predicted octanol–water partition coefficient (Wildman–Crippen LogP) is 2.63. The van der Waals surface area contributed by atoms with Crippen LogP contribution in [0.15, 0.2) is 30.3 Å². The van der Waals surface area contributed by atoms with Gasteiger partial charge in [-0.2, -0.15) is 11.8 Å². The first-order valence-corrected chi connectivity index (χ1v) is 7.64. The molecule has 1 aromatic rings. The quantitative estimate of drug-likeness (QED) is 0.643. The maximum Gasteiger partial charge on any atom is 0.324 e. The Kier molecular flexibility index (Phi) is 6.38. The van der Waals surface area contributed by atoms with E-state index in [0.717, 1.165) is 12.2 Å². The lowest BCUT2D eigenvalue weighted by Gasteiger charge is -2.22. The molecule has 4 heteroatoms. The predicted molar refractivity (Wildman–Crippen MR) is 81.3 cm³/mol. The second kappa shape index (κ2) is 7.56. The topological polar surface area (TPSA) is 52.3 Å². The van der Waals surface area contributed by atoms with E-state index in [1.165, 1.54) is 5.56 Å². The Bertz CT molecular complexity index is 387. The summed E-state index contributed by atoms with van der Waals surface area (Å²) in [5.41, 5.74) is 6.65. The molecule has 1 atom stereocenters. The van der Waals surface area contributed by atoms with Crippen molar-refractivity contribution in [1.82, 2.24) is 0 Å². The number of hydrogen-bond acceptors (Lipinski definition) is 4. The Hall–Kier alpha value is -1.00. The van der Waals surface area contributed by atoms with E-state index in [0.29, 0.717) is 5.75 Å². The molecule has 0 radical (unpaired) electrons. The van der Waals surface area contributed by atoms with Crippen LogP contribution in [0.3, 0.4) is 0 Å². The van der Waals surface area contributed by atoms with Gasteiger partial charge in [0, 0.05) is 5.75 Å². The van der Waals surface area contributed by atoms with Gasteiger partial charge in [-0.15, -0.1) is 0 Å².